The van der Waals surface area contributed by atoms with Crippen LogP contribution in [0.2, 0.25) is 0 Å². The summed E-state index contributed by atoms with van der Waals surface area (Å²) >= 11 is 0. The Hall–Kier alpha value is -1.64. The van der Waals surface area contributed by atoms with E-state index in [1.807, 2.05) is 0 Å². The molecule has 0 saturated carbocycles. The molecule has 0 amide bonds. The number of nitrogens with one attached hydrogen (secondary N) is 1. The molecule has 1 aromatic carbocycles. The fourth-order valence-electron chi connectivity index (χ4n) is 1.84. The van der Waals surface area contributed by atoms with E-state index >= 15 is 0 Å². The summed E-state index contributed by atoms with van der Waals surface area (Å²) < 4.78 is 22.4. The molecular formula is C13H20N2O5S. The molecule has 0 aliphatic carbocycles. The van der Waals surface area contributed by atoms with Gasteiger partial charge in [0, 0.05) is 18.8 Å². The molecule has 1 aromatic rings. The van der Waals surface area contributed by atoms with Crippen molar-refractivity contribution >= 4 is 21.7 Å². The zero-order valence-electron chi connectivity index (χ0n) is 11.6. The first-order chi connectivity index (χ1) is 9.86. The van der Waals surface area contributed by atoms with Gasteiger partial charge in [0.2, 0.25) is 10.0 Å². The Morgan fingerprint density at radius 1 is 1.19 bits per heavy atom. The van der Waals surface area contributed by atoms with Gasteiger partial charge in [-0.1, -0.05) is 12.8 Å². The van der Waals surface area contributed by atoms with Crippen LogP contribution < -0.4 is 10.5 Å². The fraction of sp³-hybridized carbons (Fsp3) is 0.462. The Balaban J connectivity index is 2.72. The molecule has 21 heavy (non-hydrogen) atoms. The lowest BCUT2D eigenvalue weighted by atomic mass is 10.1. The molecule has 1 rings (SSSR count). The van der Waals surface area contributed by atoms with E-state index in [1.54, 1.807) is 0 Å². The van der Waals surface area contributed by atoms with Crippen LogP contribution in [0.5, 0.6) is 0 Å². The van der Waals surface area contributed by atoms with Crippen molar-refractivity contribution in [2.24, 2.45) is 5.14 Å². The van der Waals surface area contributed by atoms with Gasteiger partial charge in [-0.05, 0) is 31.0 Å². The Morgan fingerprint density at radius 3 is 2.43 bits per heavy atom. The molecule has 0 spiro atoms. The van der Waals surface area contributed by atoms with Crippen molar-refractivity contribution in [2.45, 2.75) is 30.6 Å². The van der Waals surface area contributed by atoms with Crippen molar-refractivity contribution < 1.29 is 23.4 Å². The lowest BCUT2D eigenvalue weighted by molar-refractivity contribution is 0.0697. The smallest absolute Gasteiger partial charge is 0.337 e. The zero-order chi connectivity index (χ0) is 15.9. The van der Waals surface area contributed by atoms with Gasteiger partial charge in [-0.25, -0.2) is 18.4 Å². The number of rotatable bonds is 9. The summed E-state index contributed by atoms with van der Waals surface area (Å²) in [6.07, 6.45) is 3.42. The zero-order valence-corrected chi connectivity index (χ0v) is 12.4. The van der Waals surface area contributed by atoms with Crippen LogP contribution in [0, 0.1) is 0 Å². The molecule has 8 heteroatoms. The van der Waals surface area contributed by atoms with E-state index in [-0.39, 0.29) is 17.1 Å². The quantitative estimate of drug-likeness (QED) is 0.503. The van der Waals surface area contributed by atoms with Gasteiger partial charge in [-0.15, -0.1) is 0 Å². The van der Waals surface area contributed by atoms with Crippen molar-refractivity contribution in [2.75, 3.05) is 18.5 Å². The number of carboxylic acids is 1. The lowest BCUT2D eigenvalue weighted by Crippen LogP contribution is -2.14. The topological polar surface area (TPSA) is 130 Å². The summed E-state index contributed by atoms with van der Waals surface area (Å²) in [5.74, 6) is -1.22. The predicted molar refractivity (Wildman–Crippen MR) is 78.8 cm³/mol. The number of aliphatic hydroxyl groups is 1. The Labute approximate surface area is 123 Å². The van der Waals surface area contributed by atoms with E-state index in [2.05, 4.69) is 5.32 Å². The molecule has 0 heterocycles. The maximum Gasteiger partial charge on any atom is 0.337 e. The second kappa shape index (κ2) is 7.96. The van der Waals surface area contributed by atoms with Crippen LogP contribution in [-0.2, 0) is 10.0 Å². The highest BCUT2D eigenvalue weighted by Crippen LogP contribution is 2.20. The highest BCUT2D eigenvalue weighted by atomic mass is 32.2. The molecule has 0 aliphatic rings. The number of unbranched alkanes of at least 4 members (excludes halogenated alkanes) is 3. The Morgan fingerprint density at radius 2 is 1.86 bits per heavy atom. The highest BCUT2D eigenvalue weighted by Gasteiger charge is 2.15. The Bertz CT molecular complexity index is 586. The highest BCUT2D eigenvalue weighted by molar-refractivity contribution is 7.89. The maximum atomic E-state index is 11.2. The summed E-state index contributed by atoms with van der Waals surface area (Å²) in [7, 11) is -3.93. The second-order valence-corrected chi connectivity index (χ2v) is 6.18. The van der Waals surface area contributed by atoms with E-state index in [0.717, 1.165) is 31.7 Å². The van der Waals surface area contributed by atoms with Gasteiger partial charge < -0.3 is 15.5 Å². The van der Waals surface area contributed by atoms with Crippen molar-refractivity contribution in [1.82, 2.24) is 0 Å². The maximum absolute atomic E-state index is 11.2. The number of hydrogen-bond acceptors (Lipinski definition) is 5. The molecule has 0 saturated heterocycles. The summed E-state index contributed by atoms with van der Waals surface area (Å²) in [6.45, 7) is 0.742. The second-order valence-electron chi connectivity index (χ2n) is 4.62. The average molecular weight is 316 g/mol. The van der Waals surface area contributed by atoms with Crippen LogP contribution in [-0.4, -0.2) is 37.8 Å². The number of carboxylic acid groups (broad SMARTS) is 1. The van der Waals surface area contributed by atoms with Gasteiger partial charge >= 0.3 is 5.97 Å². The minimum atomic E-state index is -3.93. The molecule has 0 radical (unpaired) electrons. The minimum absolute atomic E-state index is 0.128. The molecule has 0 bridgehead atoms. The molecule has 0 unspecified atom stereocenters. The van der Waals surface area contributed by atoms with Crippen LogP contribution in [0.25, 0.3) is 0 Å². The molecule has 0 fully saturated rings. The molecule has 0 aromatic heterocycles. The number of hydrogen-bond donors (Lipinski definition) is 4. The first-order valence-electron chi connectivity index (χ1n) is 6.61. The SMILES string of the molecule is NS(=O)(=O)c1ccc(NCCCCCCO)c(C(=O)O)c1. The van der Waals surface area contributed by atoms with E-state index in [1.165, 1.54) is 12.1 Å². The van der Waals surface area contributed by atoms with Crippen LogP contribution in [0.15, 0.2) is 23.1 Å². The number of nitrogens with two attached hydrogens (primary N) is 1. The molecule has 0 atom stereocenters. The van der Waals surface area contributed by atoms with Crippen LogP contribution in [0.1, 0.15) is 36.0 Å². The van der Waals surface area contributed by atoms with Crippen LogP contribution in [0.4, 0.5) is 5.69 Å². The summed E-state index contributed by atoms with van der Waals surface area (Å²) in [4.78, 5) is 10.9. The fourth-order valence-corrected chi connectivity index (χ4v) is 2.38. The number of primary sulfonamides is 1. The van der Waals surface area contributed by atoms with Gasteiger partial charge in [-0.3, -0.25) is 0 Å². The third-order valence-electron chi connectivity index (χ3n) is 2.95. The predicted octanol–water partition coefficient (Wildman–Crippen LogP) is 0.997. The number of anilines is 1. The van der Waals surface area contributed by atoms with E-state index in [4.69, 9.17) is 15.4 Å². The van der Waals surface area contributed by atoms with Crippen molar-refractivity contribution in [3.63, 3.8) is 0 Å². The molecular weight excluding hydrogens is 296 g/mol. The molecule has 0 aliphatic heterocycles. The number of benzene rings is 1. The number of carbonyl (C=O) groups is 1. The summed E-state index contributed by atoms with van der Waals surface area (Å²) in [6, 6.07) is 3.72. The third kappa shape index (κ3) is 5.70. The molecule has 118 valence electrons. The number of aliphatic hydroxyl groups excluding tert-OH is 1. The van der Waals surface area contributed by atoms with Gasteiger partial charge in [0.05, 0.1) is 10.5 Å². The van der Waals surface area contributed by atoms with Gasteiger partial charge in [0.1, 0.15) is 0 Å². The summed E-state index contributed by atoms with van der Waals surface area (Å²) in [5.41, 5.74) is 0.231. The first kappa shape index (κ1) is 17.4. The van der Waals surface area contributed by atoms with Gasteiger partial charge in [0.15, 0.2) is 0 Å². The molecule has 5 N–H and O–H groups in total. The average Bonchev–Trinajstić information content (AvgIpc) is 2.41. The van der Waals surface area contributed by atoms with Gasteiger partial charge in [-0.2, -0.15) is 0 Å². The largest absolute Gasteiger partial charge is 0.478 e. The van der Waals surface area contributed by atoms with Crippen LogP contribution in [0.3, 0.4) is 0 Å². The minimum Gasteiger partial charge on any atom is -0.478 e. The van der Waals surface area contributed by atoms with Crippen molar-refractivity contribution in [3.05, 3.63) is 23.8 Å². The van der Waals surface area contributed by atoms with Crippen LogP contribution >= 0.6 is 0 Å². The number of sulfonamides is 1. The normalized spacial score (nSPS) is 11.3. The monoisotopic (exact) mass is 316 g/mol. The van der Waals surface area contributed by atoms with Gasteiger partial charge in [0.25, 0.3) is 0 Å². The van der Waals surface area contributed by atoms with E-state index in [0.29, 0.717) is 12.2 Å². The number of aromatic carboxylic acids is 1. The Kier molecular flexibility index (Phi) is 6.60. The first-order valence-corrected chi connectivity index (χ1v) is 8.16. The third-order valence-corrected chi connectivity index (χ3v) is 3.86. The van der Waals surface area contributed by atoms with E-state index < -0.39 is 16.0 Å². The van der Waals surface area contributed by atoms with Crippen molar-refractivity contribution in [1.29, 1.82) is 0 Å². The lowest BCUT2D eigenvalue weighted by Gasteiger charge is -2.10. The van der Waals surface area contributed by atoms with Crippen molar-refractivity contribution in [3.8, 4) is 0 Å². The van der Waals surface area contributed by atoms with E-state index in [9.17, 15) is 13.2 Å². The molecule has 7 nitrogen and oxygen atoms in total. The standard InChI is InChI=1S/C13H20N2O5S/c14-21(19,20)10-5-6-12(11(9-10)13(17)18)15-7-3-1-2-4-8-16/h5-6,9,15-16H,1-4,7-8H2,(H,17,18)(H2,14,19,20). The summed E-state index contributed by atoms with van der Waals surface area (Å²) in [5, 5.41) is 25.7.